The van der Waals surface area contributed by atoms with E-state index < -0.39 is 0 Å². The smallest absolute Gasteiger partial charge is 0.144 e. The highest BCUT2D eigenvalue weighted by Crippen LogP contribution is 2.22. The molecular formula is C16H28N4O. The number of hydrogen-bond acceptors (Lipinski definition) is 4. The van der Waals surface area contributed by atoms with E-state index in [0.29, 0.717) is 0 Å². The Bertz CT molecular complexity index is 450. The first-order valence-corrected chi connectivity index (χ1v) is 7.51. The van der Waals surface area contributed by atoms with Crippen LogP contribution in [0.2, 0.25) is 0 Å². The molecule has 0 saturated heterocycles. The van der Waals surface area contributed by atoms with Gasteiger partial charge in [-0.3, -0.25) is 0 Å². The van der Waals surface area contributed by atoms with Gasteiger partial charge in [-0.25, -0.2) is 0 Å². The van der Waals surface area contributed by atoms with Crippen molar-refractivity contribution in [2.24, 2.45) is 16.3 Å². The Hall–Kier alpha value is -1.91. The summed E-state index contributed by atoms with van der Waals surface area (Å²) in [7, 11) is 0. The number of nitrogens with one attached hydrogen (secondary N) is 1. The summed E-state index contributed by atoms with van der Waals surface area (Å²) in [5.41, 5.74) is 7.69. The van der Waals surface area contributed by atoms with Crippen molar-refractivity contribution in [1.82, 2.24) is 0 Å². The molecular weight excluding hydrogens is 264 g/mol. The second kappa shape index (κ2) is 7.76. The molecule has 0 aliphatic rings. The van der Waals surface area contributed by atoms with Crippen molar-refractivity contribution < 1.29 is 5.21 Å². The number of hydrogen-bond donors (Lipinski definition) is 3. The van der Waals surface area contributed by atoms with Crippen molar-refractivity contribution in [2.45, 2.75) is 34.1 Å². The van der Waals surface area contributed by atoms with Gasteiger partial charge in [-0.15, -0.1) is 0 Å². The zero-order chi connectivity index (χ0) is 15.9. The molecule has 0 fully saturated rings. The van der Waals surface area contributed by atoms with Crippen LogP contribution in [-0.4, -0.2) is 30.7 Å². The molecule has 0 unspecified atom stereocenters. The maximum absolute atomic E-state index is 8.75. The van der Waals surface area contributed by atoms with Crippen LogP contribution in [0.3, 0.4) is 0 Å². The average Bonchev–Trinajstić information content (AvgIpc) is 2.49. The van der Waals surface area contributed by atoms with Gasteiger partial charge in [-0.1, -0.05) is 19.0 Å². The first-order valence-electron chi connectivity index (χ1n) is 7.51. The quantitative estimate of drug-likeness (QED) is 0.298. The summed E-state index contributed by atoms with van der Waals surface area (Å²) in [6.45, 7) is 11.0. The minimum absolute atomic E-state index is 0.265. The van der Waals surface area contributed by atoms with Gasteiger partial charge in [0.05, 0.1) is 0 Å². The highest BCUT2D eigenvalue weighted by molar-refractivity contribution is 5.85. The Balaban J connectivity index is 2.54. The first kappa shape index (κ1) is 17.1. The van der Waals surface area contributed by atoms with Gasteiger partial charge in [-0.05, 0) is 44.5 Å². The van der Waals surface area contributed by atoms with Crippen molar-refractivity contribution in [2.75, 3.05) is 29.9 Å². The molecule has 0 bridgehead atoms. The van der Waals surface area contributed by atoms with Crippen LogP contribution in [0.1, 0.15) is 34.1 Å². The molecule has 1 aromatic carbocycles. The Labute approximate surface area is 127 Å². The molecule has 0 aliphatic heterocycles. The molecule has 0 amide bonds. The maximum atomic E-state index is 8.75. The highest BCUT2D eigenvalue weighted by Gasteiger charge is 2.22. The third-order valence-corrected chi connectivity index (χ3v) is 3.88. The van der Waals surface area contributed by atoms with Crippen molar-refractivity contribution in [3.05, 3.63) is 24.3 Å². The Kier molecular flexibility index (Phi) is 6.34. The second-order valence-corrected chi connectivity index (χ2v) is 5.77. The summed E-state index contributed by atoms with van der Waals surface area (Å²) >= 11 is 0. The number of rotatable bonds is 8. The van der Waals surface area contributed by atoms with Gasteiger partial charge in [0.25, 0.3) is 0 Å². The Morgan fingerprint density at radius 1 is 1.24 bits per heavy atom. The largest absolute Gasteiger partial charge is 0.409 e. The first-order chi connectivity index (χ1) is 9.94. The van der Waals surface area contributed by atoms with Crippen molar-refractivity contribution >= 4 is 17.2 Å². The maximum Gasteiger partial charge on any atom is 0.144 e. The summed E-state index contributed by atoms with van der Waals surface area (Å²) in [5, 5.41) is 15.2. The third-order valence-electron chi connectivity index (χ3n) is 3.88. The fourth-order valence-electron chi connectivity index (χ4n) is 2.16. The number of oxime groups is 1. The molecule has 0 radical (unpaired) electrons. The summed E-state index contributed by atoms with van der Waals surface area (Å²) in [6, 6.07) is 8.43. The zero-order valence-electron chi connectivity index (χ0n) is 13.6. The number of anilines is 2. The van der Waals surface area contributed by atoms with Crippen molar-refractivity contribution in [3.63, 3.8) is 0 Å². The number of nitrogens with two attached hydrogens (primary N) is 1. The van der Waals surface area contributed by atoms with Crippen LogP contribution in [0.15, 0.2) is 29.4 Å². The fourth-order valence-corrected chi connectivity index (χ4v) is 2.16. The molecule has 0 saturated carbocycles. The Morgan fingerprint density at radius 2 is 1.81 bits per heavy atom. The molecule has 21 heavy (non-hydrogen) atoms. The SMILES string of the molecule is CCN(CC)c1ccc(NCCC(C)(C)C(N)=NO)cc1. The van der Waals surface area contributed by atoms with Crippen LogP contribution in [0, 0.1) is 5.41 Å². The van der Waals surface area contributed by atoms with Crippen LogP contribution >= 0.6 is 0 Å². The van der Waals surface area contributed by atoms with Crippen molar-refractivity contribution in [3.8, 4) is 0 Å². The molecule has 1 aromatic rings. The standard InChI is InChI=1S/C16H28N4O/c1-5-20(6-2)14-9-7-13(8-10-14)18-12-11-16(3,4)15(17)19-21/h7-10,18,21H,5-6,11-12H2,1-4H3,(H2,17,19). The minimum Gasteiger partial charge on any atom is -0.409 e. The molecule has 0 aromatic heterocycles. The van der Waals surface area contributed by atoms with E-state index in [0.717, 1.165) is 31.7 Å². The van der Waals surface area contributed by atoms with E-state index in [1.807, 2.05) is 13.8 Å². The van der Waals surface area contributed by atoms with Gasteiger partial charge >= 0.3 is 0 Å². The highest BCUT2D eigenvalue weighted by atomic mass is 16.4. The van der Waals surface area contributed by atoms with Gasteiger partial charge in [0.1, 0.15) is 5.84 Å². The van der Waals surface area contributed by atoms with Gasteiger partial charge in [0.15, 0.2) is 0 Å². The van der Waals surface area contributed by atoms with Gasteiger partial charge < -0.3 is 21.2 Å². The fraction of sp³-hybridized carbons (Fsp3) is 0.562. The molecule has 118 valence electrons. The Morgan fingerprint density at radius 3 is 2.29 bits per heavy atom. The molecule has 0 heterocycles. The van der Waals surface area contributed by atoms with Gasteiger partial charge in [0.2, 0.25) is 0 Å². The lowest BCUT2D eigenvalue weighted by Gasteiger charge is -2.23. The van der Waals surface area contributed by atoms with Gasteiger partial charge in [0, 0.05) is 36.4 Å². The minimum atomic E-state index is -0.317. The van der Waals surface area contributed by atoms with Crippen LogP contribution < -0.4 is 16.0 Å². The summed E-state index contributed by atoms with van der Waals surface area (Å²) in [4.78, 5) is 2.31. The summed E-state index contributed by atoms with van der Waals surface area (Å²) in [6.07, 6.45) is 0.792. The van der Waals surface area contributed by atoms with E-state index in [9.17, 15) is 0 Å². The molecule has 5 nitrogen and oxygen atoms in total. The van der Waals surface area contributed by atoms with Crippen LogP contribution in [0.4, 0.5) is 11.4 Å². The zero-order valence-corrected chi connectivity index (χ0v) is 13.6. The molecule has 0 spiro atoms. The van der Waals surface area contributed by atoms with Crippen LogP contribution in [-0.2, 0) is 0 Å². The van der Waals surface area contributed by atoms with E-state index in [1.165, 1.54) is 5.69 Å². The van der Waals surface area contributed by atoms with Crippen LogP contribution in [0.25, 0.3) is 0 Å². The molecule has 5 heteroatoms. The lowest BCUT2D eigenvalue weighted by atomic mass is 9.88. The molecule has 0 aliphatic carbocycles. The number of amidine groups is 1. The third kappa shape index (κ3) is 4.85. The van der Waals surface area contributed by atoms with Gasteiger partial charge in [-0.2, -0.15) is 0 Å². The lowest BCUT2D eigenvalue weighted by Crippen LogP contribution is -2.33. The molecule has 4 N–H and O–H groups in total. The molecule has 0 atom stereocenters. The average molecular weight is 292 g/mol. The predicted octanol–water partition coefficient (Wildman–Crippen LogP) is 3.11. The normalized spacial score (nSPS) is 12.3. The number of benzene rings is 1. The topological polar surface area (TPSA) is 73.9 Å². The van der Waals surface area contributed by atoms with Crippen LogP contribution in [0.5, 0.6) is 0 Å². The van der Waals surface area contributed by atoms with E-state index in [-0.39, 0.29) is 11.3 Å². The second-order valence-electron chi connectivity index (χ2n) is 5.77. The van der Waals surface area contributed by atoms with E-state index in [2.05, 4.69) is 53.5 Å². The summed E-state index contributed by atoms with van der Waals surface area (Å²) in [5.74, 6) is 0.265. The predicted molar refractivity (Wildman–Crippen MR) is 90.3 cm³/mol. The number of nitrogens with zero attached hydrogens (tertiary/aromatic N) is 2. The molecule has 1 rings (SSSR count). The van der Waals surface area contributed by atoms with E-state index >= 15 is 0 Å². The monoisotopic (exact) mass is 292 g/mol. The van der Waals surface area contributed by atoms with Crippen molar-refractivity contribution in [1.29, 1.82) is 0 Å². The summed E-state index contributed by atoms with van der Waals surface area (Å²) < 4.78 is 0. The van der Waals surface area contributed by atoms with E-state index in [1.54, 1.807) is 0 Å². The van der Waals surface area contributed by atoms with E-state index in [4.69, 9.17) is 10.9 Å². The lowest BCUT2D eigenvalue weighted by molar-refractivity contribution is 0.306.